The van der Waals surface area contributed by atoms with Crippen molar-refractivity contribution in [1.82, 2.24) is 0 Å². The first-order valence-corrected chi connectivity index (χ1v) is 0.500. The molecular weight excluding hydrogens is 156 g/mol. The van der Waals surface area contributed by atoms with E-state index in [0.717, 1.165) is 0 Å². The van der Waals surface area contributed by atoms with Gasteiger partial charge in [0, 0.05) is 36.6 Å². The van der Waals surface area contributed by atoms with Gasteiger partial charge >= 0.3 is 0 Å². The number of hydrogen-bond acceptors (Lipinski definition) is 3. The third-order valence-electron chi connectivity index (χ3n) is 0.0680. The standard InChI is InChI=1S/Ag.O3/c;1-2-3-1. The third-order valence-corrected chi connectivity index (χ3v) is 0.0680. The Hall–Kier alpha value is 0.140. The zero-order valence-corrected chi connectivity index (χ0v) is 3.01. The molecule has 0 saturated heterocycles. The quantitative estimate of drug-likeness (QED) is 0.404. The summed E-state index contributed by atoms with van der Waals surface area (Å²) in [7, 11) is 0. The van der Waals surface area contributed by atoms with Crippen molar-refractivity contribution in [2.24, 2.45) is 0 Å². The van der Waals surface area contributed by atoms with Crippen molar-refractivity contribution in [3.8, 4) is 0 Å². The number of hydrogen-bond donors (Lipinski definition) is 0. The summed E-state index contributed by atoms with van der Waals surface area (Å²) in [5, 5.41) is 0. The van der Waals surface area contributed by atoms with Crippen LogP contribution in [0.3, 0.4) is 0 Å². The van der Waals surface area contributed by atoms with E-state index in [9.17, 15) is 0 Å². The molecule has 0 aromatic carbocycles. The number of rotatable bonds is 0. The normalized spacial score (nSPS) is 6.00. The van der Waals surface area contributed by atoms with E-state index in [0.29, 0.717) is 0 Å². The molecule has 4 heteroatoms. The summed E-state index contributed by atoms with van der Waals surface area (Å²) >= 11 is 0. The van der Waals surface area contributed by atoms with Gasteiger partial charge in [-0.2, -0.15) is 0 Å². The molecule has 3 nitrogen and oxygen atoms in total. The fraction of sp³-hybridized carbons (Fsp3) is 0. The summed E-state index contributed by atoms with van der Waals surface area (Å²) in [6.45, 7) is 0. The van der Waals surface area contributed by atoms with Crippen molar-refractivity contribution in [3.05, 3.63) is 0 Å². The molecule has 0 spiro atoms. The molecule has 0 aliphatic heterocycles. The van der Waals surface area contributed by atoms with E-state index >= 15 is 0 Å². The molecule has 0 aliphatic rings. The van der Waals surface area contributed by atoms with Gasteiger partial charge in [-0.05, 0) is 0 Å². The van der Waals surface area contributed by atoms with Gasteiger partial charge in [-0.3, -0.25) is 0 Å². The molecule has 0 aliphatic carbocycles. The Kier molecular flexibility index (Phi) is 1.51. The first kappa shape index (κ1) is 4.14. The van der Waals surface area contributed by atoms with Crippen LogP contribution in [0.25, 0.3) is 0 Å². The van der Waals surface area contributed by atoms with E-state index in [1.807, 2.05) is 0 Å². The van der Waals surface area contributed by atoms with Crippen LogP contribution in [0.2, 0.25) is 0 Å². The second-order valence-electron chi connectivity index (χ2n) is 0.204. The second-order valence-corrected chi connectivity index (χ2v) is 0.204. The maximum atomic E-state index is 3.50. The SMILES string of the molecule is [Ag].o1oo1. The largest absolute Gasteiger partial charge is 0 e. The predicted octanol–water partition coefficient (Wildman–Crippen LogP) is 0.463. The molecule has 0 bridgehead atoms. The molecule has 1 rings (SSSR count). The molecule has 0 unspecified atom stereocenters. The summed E-state index contributed by atoms with van der Waals surface area (Å²) in [4.78, 5) is 0. The van der Waals surface area contributed by atoms with Crippen LogP contribution in [0.1, 0.15) is 0 Å². The van der Waals surface area contributed by atoms with Crippen LogP contribution in [0.15, 0.2) is 14.2 Å². The minimum Gasteiger partial charge on any atom is 0 e. The van der Waals surface area contributed by atoms with Crippen LogP contribution in [0.4, 0.5) is 0 Å². The van der Waals surface area contributed by atoms with Crippen LogP contribution in [-0.2, 0) is 22.4 Å². The third kappa shape index (κ3) is 2.14. The summed E-state index contributed by atoms with van der Waals surface area (Å²) in [6, 6.07) is 0. The fourth-order valence-electron chi connectivity index (χ4n) is 0. The van der Waals surface area contributed by atoms with Gasteiger partial charge in [0.25, 0.3) is 0 Å². The molecule has 0 saturated carbocycles. The van der Waals surface area contributed by atoms with Gasteiger partial charge in [0.05, 0.1) is 0 Å². The Morgan fingerprint density at radius 3 is 1.00 bits per heavy atom. The smallest absolute Gasteiger partial charge is 0 e. The van der Waals surface area contributed by atoms with Crippen LogP contribution in [0.5, 0.6) is 0 Å². The minimum absolute atomic E-state index is 0. The van der Waals surface area contributed by atoms with Crippen molar-refractivity contribution in [2.45, 2.75) is 0 Å². The van der Waals surface area contributed by atoms with Crippen LogP contribution < -0.4 is 0 Å². The summed E-state index contributed by atoms with van der Waals surface area (Å²) in [5.74, 6) is 0. The van der Waals surface area contributed by atoms with E-state index in [2.05, 4.69) is 14.2 Å². The Bertz CT molecular complexity index is 31.4. The Morgan fingerprint density at radius 1 is 0.750 bits per heavy atom. The molecule has 1 heterocycles. The molecule has 1 radical (unpaired) electrons. The molecule has 29 valence electrons. The summed E-state index contributed by atoms with van der Waals surface area (Å²) in [5.41, 5.74) is 0. The maximum Gasteiger partial charge on any atom is 0 e. The molecule has 1 aromatic heterocycles. The second kappa shape index (κ2) is 1.46. The van der Waals surface area contributed by atoms with Gasteiger partial charge in [-0.25, -0.2) is 0 Å². The van der Waals surface area contributed by atoms with Crippen molar-refractivity contribution in [2.75, 3.05) is 0 Å². The molecule has 0 atom stereocenters. The summed E-state index contributed by atoms with van der Waals surface area (Å²) in [6.07, 6.45) is 0. The maximum absolute atomic E-state index is 3.50. The van der Waals surface area contributed by atoms with Crippen molar-refractivity contribution in [1.29, 1.82) is 0 Å². The van der Waals surface area contributed by atoms with E-state index in [1.165, 1.54) is 0 Å². The summed E-state index contributed by atoms with van der Waals surface area (Å²) < 4.78 is 10.5. The van der Waals surface area contributed by atoms with Gasteiger partial charge in [-0.1, -0.05) is 0 Å². The minimum atomic E-state index is 0. The monoisotopic (exact) mass is 155 g/mol. The van der Waals surface area contributed by atoms with Gasteiger partial charge in [-0.15, -0.1) is 0 Å². The molecule has 0 N–H and O–H groups in total. The Labute approximate surface area is 37.2 Å². The van der Waals surface area contributed by atoms with Crippen molar-refractivity contribution in [3.63, 3.8) is 0 Å². The van der Waals surface area contributed by atoms with Gasteiger partial charge in [0.1, 0.15) is 0 Å². The molecule has 1 aromatic rings. The predicted molar refractivity (Wildman–Crippen MR) is 3.24 cm³/mol. The van der Waals surface area contributed by atoms with Crippen LogP contribution in [0, 0.1) is 0 Å². The van der Waals surface area contributed by atoms with Gasteiger partial charge < -0.3 is 0 Å². The topological polar surface area (TPSA) is 39.4 Å². The zero-order valence-electron chi connectivity index (χ0n) is 1.53. The zero-order chi connectivity index (χ0) is 2.12. The first-order chi connectivity index (χ1) is 1.50. The van der Waals surface area contributed by atoms with E-state index in [1.54, 1.807) is 0 Å². The Morgan fingerprint density at radius 2 is 1.00 bits per heavy atom. The van der Waals surface area contributed by atoms with Crippen LogP contribution in [-0.4, -0.2) is 0 Å². The average molecular weight is 156 g/mol. The van der Waals surface area contributed by atoms with Gasteiger partial charge in [0.15, 0.2) is 0 Å². The van der Waals surface area contributed by atoms with Crippen LogP contribution >= 0.6 is 0 Å². The molecule has 4 heavy (non-hydrogen) atoms. The molecule has 0 fully saturated rings. The van der Waals surface area contributed by atoms with E-state index in [-0.39, 0.29) is 22.4 Å². The average Bonchev–Trinajstić information content (AvgIpc) is 1.46. The molecular formula is AgO3. The van der Waals surface area contributed by atoms with Gasteiger partial charge in [0.2, 0.25) is 0 Å². The van der Waals surface area contributed by atoms with Crippen molar-refractivity contribution < 1.29 is 36.6 Å². The molecule has 0 amide bonds. The van der Waals surface area contributed by atoms with E-state index < -0.39 is 0 Å². The fourth-order valence-corrected chi connectivity index (χ4v) is 0. The van der Waals surface area contributed by atoms with E-state index in [4.69, 9.17) is 0 Å². The Balaban J connectivity index is 0.0000000900. The van der Waals surface area contributed by atoms with Crippen molar-refractivity contribution >= 4 is 0 Å². The first-order valence-electron chi connectivity index (χ1n) is 0.500.